The van der Waals surface area contributed by atoms with E-state index in [1.54, 1.807) is 24.0 Å². The van der Waals surface area contributed by atoms with Crippen molar-refractivity contribution in [3.05, 3.63) is 143 Å². The standard InChI is InChI=1S/C31H32F2N6O4.C22H27BrN6O3.C9H6F2O/c1-31(2,3)43-30(40)38-15-14-21(18-38)36-28-26-29(35-19-34-28)39(17-20-10-12-22(41-4)13-11-20)25(37-26)9-6-16-42-27-23(32)7-5-8-24(27)33;1-22(2,3)32-21(30)28-10-9-15(12-28)26-18-17-19(25-13-24-18)29(20(23)27-17)11-14-5-7-16(31-4)8-6-14;1-2-6-12-9-7(10)4-3-5-8(9)11/h5,7-8,10-13,19,21H,14-18H2,1-4H3,(H,34,35,36);5-8,13,15H,9-12H2,1-4H3,(H,24,25,26);1,3-5H,6H2/t21-;15-;/m11./s1. The number of nitrogens with zero attached hydrogens (tertiary/aromatic N) is 10. The third kappa shape index (κ3) is 17.2. The summed E-state index contributed by atoms with van der Waals surface area (Å²) in [5, 5.41) is 6.84. The summed E-state index contributed by atoms with van der Waals surface area (Å²) in [6.07, 6.45) is 8.69. The molecule has 0 radical (unpaired) electrons. The molecular formula is C62H65BrF4N12O8. The highest BCUT2D eigenvalue weighted by atomic mass is 79.9. The van der Waals surface area contributed by atoms with E-state index in [-0.39, 0.29) is 37.5 Å². The van der Waals surface area contributed by atoms with Gasteiger partial charge in [0.2, 0.25) is 0 Å². The van der Waals surface area contributed by atoms with Crippen LogP contribution in [0, 0.1) is 47.5 Å². The number of rotatable bonds is 14. The first kappa shape index (κ1) is 63.7. The second-order valence-electron chi connectivity index (χ2n) is 21.8. The van der Waals surface area contributed by atoms with Gasteiger partial charge in [0, 0.05) is 38.3 Å². The molecule has 8 aromatic rings. The Bertz CT molecular complexity index is 3760. The predicted octanol–water partition coefficient (Wildman–Crippen LogP) is 11.1. The molecule has 2 aliphatic rings. The van der Waals surface area contributed by atoms with Crippen LogP contribution >= 0.6 is 15.9 Å². The van der Waals surface area contributed by atoms with Crippen LogP contribution in [0.2, 0.25) is 0 Å². The van der Waals surface area contributed by atoms with Gasteiger partial charge in [-0.15, -0.1) is 6.42 Å². The maximum absolute atomic E-state index is 14.0. The minimum Gasteiger partial charge on any atom is -0.497 e. The predicted molar refractivity (Wildman–Crippen MR) is 322 cm³/mol. The van der Waals surface area contributed by atoms with Crippen LogP contribution < -0.4 is 29.6 Å². The number of imidazole rings is 2. The van der Waals surface area contributed by atoms with Gasteiger partial charge in [-0.2, -0.15) is 0 Å². The van der Waals surface area contributed by atoms with E-state index in [1.807, 2.05) is 99.2 Å². The molecule has 2 saturated heterocycles. The number of methoxy groups -OCH3 is 2. The second kappa shape index (κ2) is 28.7. The molecule has 0 bridgehead atoms. The van der Waals surface area contributed by atoms with Crippen LogP contribution in [-0.4, -0.2) is 138 Å². The number of carbonyl (C=O) groups is 2. The third-order valence-electron chi connectivity index (χ3n) is 13.0. The molecule has 25 heteroatoms. The second-order valence-corrected chi connectivity index (χ2v) is 22.5. The van der Waals surface area contributed by atoms with E-state index in [0.717, 1.165) is 59.0 Å². The summed E-state index contributed by atoms with van der Waals surface area (Å²) in [5.74, 6) is 6.93. The molecule has 2 fully saturated rings. The van der Waals surface area contributed by atoms with Gasteiger partial charge >= 0.3 is 12.2 Å². The van der Waals surface area contributed by atoms with Gasteiger partial charge < -0.3 is 48.9 Å². The SMILES string of the molecule is C#CCOc1c(F)cccc1F.COc1ccc(Cn2c(Br)nc3c(N[C@@H]4CCN(C(=O)OC(C)(C)C)C4)ncnc32)cc1.COc1ccc(Cn2c(C#CCOc3c(F)cccc3F)nc3c(N[C@@H]4CCN(C(=O)OC(C)(C)C)C4)ncnc32)cc1. The van der Waals surface area contributed by atoms with Crippen molar-refractivity contribution in [2.45, 2.75) is 90.8 Å². The number of hydrogen-bond donors (Lipinski definition) is 2. The summed E-state index contributed by atoms with van der Waals surface area (Å²) in [6.45, 7) is 13.9. The summed E-state index contributed by atoms with van der Waals surface area (Å²) < 4.78 is 89.3. The number of likely N-dealkylation sites (tertiary alicyclic amines) is 2. The van der Waals surface area contributed by atoms with Crippen LogP contribution in [0.1, 0.15) is 71.3 Å². The van der Waals surface area contributed by atoms with E-state index in [2.05, 4.69) is 74.0 Å². The highest BCUT2D eigenvalue weighted by molar-refractivity contribution is 9.10. The van der Waals surface area contributed by atoms with Crippen molar-refractivity contribution in [1.29, 1.82) is 0 Å². The molecule has 4 aromatic heterocycles. The highest BCUT2D eigenvalue weighted by Crippen LogP contribution is 2.29. The number of anilines is 2. The largest absolute Gasteiger partial charge is 0.497 e. The number of para-hydroxylation sites is 2. The van der Waals surface area contributed by atoms with E-state index in [1.165, 1.54) is 24.8 Å². The molecule has 2 aliphatic heterocycles. The quantitative estimate of drug-likeness (QED) is 0.0590. The summed E-state index contributed by atoms with van der Waals surface area (Å²) in [4.78, 5) is 55.5. The Morgan fingerprint density at radius 1 is 0.621 bits per heavy atom. The number of aromatic nitrogens is 8. The zero-order valence-corrected chi connectivity index (χ0v) is 50.8. The Morgan fingerprint density at radius 2 is 1.05 bits per heavy atom. The first-order valence-corrected chi connectivity index (χ1v) is 28.3. The lowest BCUT2D eigenvalue weighted by molar-refractivity contribution is 0.0283. The molecular weight excluding hydrogens is 1200 g/mol. The number of nitrogens with one attached hydrogen (secondary N) is 2. The number of benzene rings is 4. The van der Waals surface area contributed by atoms with Crippen LogP contribution in [0.5, 0.6) is 23.0 Å². The van der Waals surface area contributed by atoms with Crippen molar-refractivity contribution >= 4 is 62.1 Å². The number of terminal acetylenes is 1. The van der Waals surface area contributed by atoms with Gasteiger partial charge in [0.05, 0.1) is 27.3 Å². The van der Waals surface area contributed by atoms with E-state index >= 15 is 0 Å². The van der Waals surface area contributed by atoms with Gasteiger partial charge in [-0.3, -0.25) is 9.13 Å². The van der Waals surface area contributed by atoms with Crippen molar-refractivity contribution in [2.75, 3.05) is 64.2 Å². The molecule has 2 amide bonds. The van der Waals surface area contributed by atoms with E-state index in [4.69, 9.17) is 35.1 Å². The first-order chi connectivity index (χ1) is 41.6. The molecule has 0 saturated carbocycles. The lowest BCUT2D eigenvalue weighted by Gasteiger charge is -2.24. The molecule has 2 N–H and O–H groups in total. The van der Waals surface area contributed by atoms with Gasteiger partial charge in [-0.25, -0.2) is 57.1 Å². The fraction of sp³-hybridized carbons (Fsp3) is 0.355. The zero-order chi connectivity index (χ0) is 62.4. The fourth-order valence-corrected chi connectivity index (χ4v) is 9.45. The molecule has 0 unspecified atom stereocenters. The Kier molecular flexibility index (Phi) is 21.0. The zero-order valence-electron chi connectivity index (χ0n) is 49.2. The van der Waals surface area contributed by atoms with Gasteiger partial charge in [-0.1, -0.05) is 48.2 Å². The summed E-state index contributed by atoms with van der Waals surface area (Å²) in [7, 11) is 3.25. The van der Waals surface area contributed by atoms with Crippen LogP contribution in [0.25, 0.3) is 22.3 Å². The monoisotopic (exact) mass is 1260 g/mol. The minimum absolute atomic E-state index is 0.0612. The summed E-state index contributed by atoms with van der Waals surface area (Å²) >= 11 is 3.56. The topological polar surface area (TPSA) is 207 Å². The first-order valence-electron chi connectivity index (χ1n) is 27.5. The average molecular weight is 1260 g/mol. The molecule has 2 atom stereocenters. The maximum Gasteiger partial charge on any atom is 0.410 e. The van der Waals surface area contributed by atoms with Crippen molar-refractivity contribution in [3.8, 4) is 47.2 Å². The molecule has 4 aromatic carbocycles. The molecule has 10 rings (SSSR count). The summed E-state index contributed by atoms with van der Waals surface area (Å²) in [5.41, 5.74) is 3.41. The molecule has 87 heavy (non-hydrogen) atoms. The Balaban J connectivity index is 0.000000195. The Hall–Kier alpha value is -9.36. The maximum atomic E-state index is 14.0. The molecule has 456 valence electrons. The van der Waals surface area contributed by atoms with Gasteiger partial charge in [0.25, 0.3) is 0 Å². The molecule has 0 aliphatic carbocycles. The van der Waals surface area contributed by atoms with Crippen molar-refractivity contribution in [1.82, 2.24) is 48.8 Å². The number of halogens is 5. The van der Waals surface area contributed by atoms with E-state index in [0.29, 0.717) is 84.6 Å². The normalized spacial score (nSPS) is 14.6. The van der Waals surface area contributed by atoms with Crippen molar-refractivity contribution < 1.29 is 55.6 Å². The van der Waals surface area contributed by atoms with E-state index < -0.39 is 46.0 Å². The van der Waals surface area contributed by atoms with Crippen molar-refractivity contribution in [2.24, 2.45) is 0 Å². The van der Waals surface area contributed by atoms with Crippen molar-refractivity contribution in [3.63, 3.8) is 0 Å². The highest BCUT2D eigenvalue weighted by Gasteiger charge is 2.32. The number of amides is 2. The Labute approximate surface area is 509 Å². The lowest BCUT2D eigenvalue weighted by Crippen LogP contribution is -2.36. The molecule has 6 heterocycles. The number of carbonyl (C=O) groups excluding carboxylic acids is 2. The van der Waals surface area contributed by atoms with Gasteiger partial charge in [0.1, 0.15) is 48.6 Å². The van der Waals surface area contributed by atoms with Crippen LogP contribution in [0.15, 0.2) is 102 Å². The van der Waals surface area contributed by atoms with Gasteiger partial charge in [-0.05, 0) is 136 Å². The number of hydrogen-bond acceptors (Lipinski definition) is 16. The van der Waals surface area contributed by atoms with Crippen LogP contribution in [0.4, 0.5) is 38.8 Å². The smallest absolute Gasteiger partial charge is 0.410 e. The van der Waals surface area contributed by atoms with E-state index in [9.17, 15) is 27.2 Å². The number of fused-ring (bicyclic) bond motifs is 2. The van der Waals surface area contributed by atoms with Crippen LogP contribution in [-0.2, 0) is 22.6 Å². The lowest BCUT2D eigenvalue weighted by atomic mass is 10.2. The Morgan fingerprint density at radius 3 is 1.48 bits per heavy atom. The fourth-order valence-electron chi connectivity index (χ4n) is 8.98. The van der Waals surface area contributed by atoms with Crippen LogP contribution in [0.3, 0.4) is 0 Å². The molecule has 0 spiro atoms. The van der Waals surface area contributed by atoms with Gasteiger partial charge in [0.15, 0.2) is 79.3 Å². The number of ether oxygens (including phenoxy) is 6. The summed E-state index contributed by atoms with van der Waals surface area (Å²) in [6, 6.07) is 22.4. The third-order valence-corrected chi connectivity index (χ3v) is 13.6. The minimum atomic E-state index is -0.809. The molecule has 20 nitrogen and oxygen atoms in total. The average Bonchev–Trinajstić information content (AvgIpc) is 2.27.